The lowest BCUT2D eigenvalue weighted by Gasteiger charge is -2.01. The van der Waals surface area contributed by atoms with E-state index in [2.05, 4.69) is 21.2 Å². The Kier molecular flexibility index (Phi) is 3.62. The maximum absolute atomic E-state index is 11.8. The predicted octanol–water partition coefficient (Wildman–Crippen LogP) is 2.95. The van der Waals surface area contributed by atoms with Crippen molar-refractivity contribution in [2.75, 3.05) is 11.9 Å². The minimum atomic E-state index is -0.0779. The maximum Gasteiger partial charge on any atom is 0.255 e. The van der Waals surface area contributed by atoms with Gasteiger partial charge >= 0.3 is 0 Å². The van der Waals surface area contributed by atoms with E-state index in [1.807, 2.05) is 24.3 Å². The summed E-state index contributed by atoms with van der Waals surface area (Å²) in [4.78, 5) is 11.8. The normalized spacial score (nSPS) is 10.6. The number of rotatable bonds is 4. The van der Waals surface area contributed by atoms with Crippen LogP contribution in [0.1, 0.15) is 16.8 Å². The fraction of sp³-hybridized carbons (Fsp3) is 0.250. The molecule has 0 atom stereocenters. The van der Waals surface area contributed by atoms with Gasteiger partial charge in [-0.15, -0.1) is 0 Å². The first-order valence-corrected chi connectivity index (χ1v) is 6.25. The molecular formula is C12H12BrNO2. The molecule has 2 rings (SSSR count). The summed E-state index contributed by atoms with van der Waals surface area (Å²) in [6.07, 6.45) is 2.43. The molecule has 2 aromatic rings. The van der Waals surface area contributed by atoms with Crippen LogP contribution in [0.4, 0.5) is 0 Å². The molecule has 1 amide bonds. The Balaban J connectivity index is 2.17. The Labute approximate surface area is 102 Å². The zero-order valence-electron chi connectivity index (χ0n) is 8.70. The predicted molar refractivity (Wildman–Crippen MR) is 67.0 cm³/mol. The summed E-state index contributed by atoms with van der Waals surface area (Å²) < 4.78 is 5.31. The second-order valence-electron chi connectivity index (χ2n) is 3.44. The van der Waals surface area contributed by atoms with Crippen LogP contribution in [-0.4, -0.2) is 17.8 Å². The third-order valence-electron chi connectivity index (χ3n) is 2.32. The lowest BCUT2D eigenvalue weighted by Crippen LogP contribution is -2.24. The quantitative estimate of drug-likeness (QED) is 0.692. The monoisotopic (exact) mass is 281 g/mol. The Hall–Kier alpha value is -1.29. The minimum absolute atomic E-state index is 0.0779. The van der Waals surface area contributed by atoms with Crippen LogP contribution >= 0.6 is 15.9 Å². The van der Waals surface area contributed by atoms with E-state index < -0.39 is 0 Å². The van der Waals surface area contributed by atoms with E-state index in [0.29, 0.717) is 12.1 Å². The van der Waals surface area contributed by atoms with Gasteiger partial charge in [-0.1, -0.05) is 34.1 Å². The summed E-state index contributed by atoms with van der Waals surface area (Å²) in [7, 11) is 0. The number of furan rings is 1. The Morgan fingerprint density at radius 3 is 3.00 bits per heavy atom. The third kappa shape index (κ3) is 2.27. The van der Waals surface area contributed by atoms with E-state index >= 15 is 0 Å². The van der Waals surface area contributed by atoms with Crippen LogP contribution in [0.25, 0.3) is 11.0 Å². The van der Waals surface area contributed by atoms with Gasteiger partial charge in [0.1, 0.15) is 11.8 Å². The maximum atomic E-state index is 11.8. The molecule has 0 aliphatic heterocycles. The average molecular weight is 282 g/mol. The van der Waals surface area contributed by atoms with E-state index in [9.17, 15) is 4.79 Å². The van der Waals surface area contributed by atoms with Crippen molar-refractivity contribution in [2.45, 2.75) is 6.42 Å². The largest absolute Gasteiger partial charge is 0.463 e. The van der Waals surface area contributed by atoms with Crippen molar-refractivity contribution in [1.29, 1.82) is 0 Å². The van der Waals surface area contributed by atoms with Gasteiger partial charge in [-0.05, 0) is 12.5 Å². The number of hydrogen-bond acceptors (Lipinski definition) is 2. The van der Waals surface area contributed by atoms with Crippen LogP contribution in [0.5, 0.6) is 0 Å². The number of fused-ring (bicyclic) bond motifs is 1. The SMILES string of the molecule is O=C(NCCCBr)c1coc2ccccc12. The third-order valence-corrected chi connectivity index (χ3v) is 2.88. The van der Waals surface area contributed by atoms with Crippen LogP contribution < -0.4 is 5.32 Å². The lowest BCUT2D eigenvalue weighted by atomic mass is 10.1. The smallest absolute Gasteiger partial charge is 0.255 e. The molecule has 0 bridgehead atoms. The minimum Gasteiger partial charge on any atom is -0.463 e. The second kappa shape index (κ2) is 5.16. The number of nitrogens with one attached hydrogen (secondary N) is 1. The number of halogens is 1. The molecule has 0 radical (unpaired) electrons. The molecule has 1 aromatic carbocycles. The number of amides is 1. The van der Waals surface area contributed by atoms with Gasteiger partial charge in [-0.3, -0.25) is 4.79 Å². The summed E-state index contributed by atoms with van der Waals surface area (Å²) in [5.74, 6) is -0.0779. The first kappa shape index (κ1) is 11.2. The molecule has 0 fully saturated rings. The highest BCUT2D eigenvalue weighted by Gasteiger charge is 2.12. The van der Waals surface area contributed by atoms with Gasteiger partial charge in [0, 0.05) is 17.3 Å². The molecule has 84 valence electrons. The molecule has 16 heavy (non-hydrogen) atoms. The number of carbonyl (C=O) groups is 1. The van der Waals surface area contributed by atoms with E-state index in [4.69, 9.17) is 4.42 Å². The zero-order chi connectivity index (χ0) is 11.4. The number of carbonyl (C=O) groups excluding carboxylic acids is 1. The van der Waals surface area contributed by atoms with Gasteiger partial charge in [0.15, 0.2) is 0 Å². The Bertz CT molecular complexity index is 492. The van der Waals surface area contributed by atoms with Gasteiger partial charge in [-0.2, -0.15) is 0 Å². The van der Waals surface area contributed by atoms with Crippen LogP contribution in [-0.2, 0) is 0 Å². The zero-order valence-corrected chi connectivity index (χ0v) is 10.3. The van der Waals surface area contributed by atoms with Crippen molar-refractivity contribution in [3.05, 3.63) is 36.1 Å². The molecule has 1 aromatic heterocycles. The van der Waals surface area contributed by atoms with Crippen LogP contribution in [0.15, 0.2) is 34.9 Å². The summed E-state index contributed by atoms with van der Waals surface area (Å²) in [5, 5.41) is 4.60. The van der Waals surface area contributed by atoms with E-state index in [0.717, 1.165) is 22.7 Å². The number of benzene rings is 1. The van der Waals surface area contributed by atoms with Crippen molar-refractivity contribution in [1.82, 2.24) is 5.32 Å². The average Bonchev–Trinajstić information content (AvgIpc) is 2.73. The van der Waals surface area contributed by atoms with Crippen LogP contribution in [0, 0.1) is 0 Å². The Morgan fingerprint density at radius 1 is 1.38 bits per heavy atom. The van der Waals surface area contributed by atoms with Crippen LogP contribution in [0.2, 0.25) is 0 Å². The van der Waals surface area contributed by atoms with Crippen molar-refractivity contribution in [3.8, 4) is 0 Å². The molecule has 0 spiro atoms. The molecule has 1 N–H and O–H groups in total. The molecular weight excluding hydrogens is 270 g/mol. The molecule has 3 nitrogen and oxygen atoms in total. The highest BCUT2D eigenvalue weighted by Crippen LogP contribution is 2.20. The van der Waals surface area contributed by atoms with Gasteiger partial charge < -0.3 is 9.73 Å². The van der Waals surface area contributed by atoms with Crippen molar-refractivity contribution < 1.29 is 9.21 Å². The van der Waals surface area contributed by atoms with E-state index in [1.54, 1.807) is 0 Å². The molecule has 1 heterocycles. The number of alkyl halides is 1. The van der Waals surface area contributed by atoms with Crippen molar-refractivity contribution in [3.63, 3.8) is 0 Å². The topological polar surface area (TPSA) is 42.2 Å². The van der Waals surface area contributed by atoms with Crippen LogP contribution in [0.3, 0.4) is 0 Å². The fourth-order valence-electron chi connectivity index (χ4n) is 1.52. The van der Waals surface area contributed by atoms with Crippen molar-refractivity contribution in [2.24, 2.45) is 0 Å². The van der Waals surface area contributed by atoms with Crippen molar-refractivity contribution >= 4 is 32.8 Å². The molecule has 0 unspecified atom stereocenters. The van der Waals surface area contributed by atoms with Gasteiger partial charge in [-0.25, -0.2) is 0 Å². The molecule has 0 aliphatic rings. The molecule has 0 saturated carbocycles. The number of hydrogen-bond donors (Lipinski definition) is 1. The summed E-state index contributed by atoms with van der Waals surface area (Å²) >= 11 is 3.32. The number of para-hydroxylation sites is 1. The lowest BCUT2D eigenvalue weighted by molar-refractivity contribution is 0.0954. The molecule has 4 heteroatoms. The van der Waals surface area contributed by atoms with Gasteiger partial charge in [0.2, 0.25) is 0 Å². The highest BCUT2D eigenvalue weighted by atomic mass is 79.9. The molecule has 0 aliphatic carbocycles. The summed E-state index contributed by atoms with van der Waals surface area (Å²) in [6, 6.07) is 7.52. The van der Waals surface area contributed by atoms with E-state index in [1.165, 1.54) is 6.26 Å². The first-order chi connectivity index (χ1) is 7.83. The van der Waals surface area contributed by atoms with E-state index in [-0.39, 0.29) is 5.91 Å². The highest BCUT2D eigenvalue weighted by molar-refractivity contribution is 9.09. The molecule has 0 saturated heterocycles. The van der Waals surface area contributed by atoms with Gasteiger partial charge in [0.05, 0.1) is 5.56 Å². The first-order valence-electron chi connectivity index (χ1n) is 5.13. The Morgan fingerprint density at radius 2 is 2.19 bits per heavy atom. The summed E-state index contributed by atoms with van der Waals surface area (Å²) in [6.45, 7) is 0.670. The van der Waals surface area contributed by atoms with Gasteiger partial charge in [0.25, 0.3) is 5.91 Å². The second-order valence-corrected chi connectivity index (χ2v) is 4.24. The standard InChI is InChI=1S/C12H12BrNO2/c13-6-3-7-14-12(15)10-8-16-11-5-2-1-4-9(10)11/h1-2,4-5,8H,3,6-7H2,(H,14,15). The fourth-order valence-corrected chi connectivity index (χ4v) is 1.80. The summed E-state index contributed by atoms with van der Waals surface area (Å²) in [5.41, 5.74) is 1.35.